The van der Waals surface area contributed by atoms with Gasteiger partial charge in [-0.2, -0.15) is 0 Å². The Morgan fingerprint density at radius 1 is 1.21 bits per heavy atom. The summed E-state index contributed by atoms with van der Waals surface area (Å²) in [4.78, 5) is 39.6. The Kier molecular flexibility index (Phi) is 11.4. The summed E-state index contributed by atoms with van der Waals surface area (Å²) in [6.45, 7) is 7.91. The Bertz CT molecular complexity index is 795. The van der Waals surface area contributed by atoms with E-state index in [1.165, 1.54) is 0 Å². The van der Waals surface area contributed by atoms with Crippen molar-refractivity contribution in [2.45, 2.75) is 57.0 Å². The van der Waals surface area contributed by atoms with Crippen molar-refractivity contribution >= 4 is 17.8 Å². The first kappa shape index (κ1) is 26.3. The van der Waals surface area contributed by atoms with Gasteiger partial charge in [-0.05, 0) is 37.7 Å². The largest absolute Gasteiger partial charge is 0.463 e. The first-order valence-corrected chi connectivity index (χ1v) is 11.6. The van der Waals surface area contributed by atoms with Crippen LogP contribution in [-0.2, 0) is 25.5 Å². The molecule has 0 spiro atoms. The summed E-state index contributed by atoms with van der Waals surface area (Å²) in [6.07, 6.45) is 6.58. The van der Waals surface area contributed by atoms with Crippen molar-refractivity contribution < 1.29 is 24.2 Å². The minimum atomic E-state index is -0.579. The molecule has 0 saturated carbocycles. The third-order valence-corrected chi connectivity index (χ3v) is 5.82. The minimum Gasteiger partial charge on any atom is -0.463 e. The number of carbonyl (C=O) groups excluding carboxylic acids is 3. The molecule has 1 heterocycles. The van der Waals surface area contributed by atoms with Gasteiger partial charge >= 0.3 is 5.97 Å². The van der Waals surface area contributed by atoms with E-state index < -0.39 is 12.0 Å². The van der Waals surface area contributed by atoms with Gasteiger partial charge in [-0.3, -0.25) is 14.4 Å². The van der Waals surface area contributed by atoms with Gasteiger partial charge in [0.05, 0.1) is 24.6 Å². The minimum absolute atomic E-state index is 0.0457. The standard InChI is InChI=1S/C26H36N2O5/c1-3-5-14-25(31)33-19-22(16-20-11-7-6-8-12-20)27-26(32)21(10-4-2)17-24(30)28-15-9-13-23(28)18-29/h3-4,6-8,11-12,21-23,29H,1-2,5,9-10,13-19H2,(H,27,32)/t21-,22+,23+/m1/s1. The van der Waals surface area contributed by atoms with Crippen molar-refractivity contribution in [1.82, 2.24) is 10.2 Å². The number of likely N-dealkylation sites (tertiary alicyclic amines) is 1. The molecule has 1 aliphatic rings. The molecule has 180 valence electrons. The molecular formula is C26H36N2O5. The third kappa shape index (κ3) is 8.85. The quantitative estimate of drug-likeness (QED) is 0.332. The summed E-state index contributed by atoms with van der Waals surface area (Å²) in [5, 5.41) is 12.5. The van der Waals surface area contributed by atoms with E-state index in [0.29, 0.717) is 25.8 Å². The number of carbonyl (C=O) groups is 3. The van der Waals surface area contributed by atoms with Crippen LogP contribution in [-0.4, -0.2) is 59.6 Å². The van der Waals surface area contributed by atoms with Crippen molar-refractivity contribution in [3.8, 4) is 0 Å². The molecule has 7 nitrogen and oxygen atoms in total. The lowest BCUT2D eigenvalue weighted by Crippen LogP contribution is -2.45. The van der Waals surface area contributed by atoms with Gasteiger partial charge in [0.15, 0.2) is 0 Å². The fourth-order valence-corrected chi connectivity index (χ4v) is 4.02. The number of aliphatic hydroxyl groups is 1. The van der Waals surface area contributed by atoms with Crippen molar-refractivity contribution in [3.63, 3.8) is 0 Å². The number of allylic oxidation sites excluding steroid dienone is 2. The van der Waals surface area contributed by atoms with Crippen LogP contribution in [0.15, 0.2) is 55.6 Å². The molecule has 0 aromatic heterocycles. The summed E-state index contributed by atoms with van der Waals surface area (Å²) < 4.78 is 5.39. The van der Waals surface area contributed by atoms with E-state index >= 15 is 0 Å². The van der Waals surface area contributed by atoms with Crippen LogP contribution in [0.4, 0.5) is 0 Å². The molecule has 2 amide bonds. The number of nitrogens with zero attached hydrogens (tertiary/aromatic N) is 1. The highest BCUT2D eigenvalue weighted by molar-refractivity contribution is 5.86. The van der Waals surface area contributed by atoms with E-state index in [1.807, 2.05) is 30.3 Å². The van der Waals surface area contributed by atoms with E-state index in [4.69, 9.17) is 4.74 Å². The summed E-state index contributed by atoms with van der Waals surface area (Å²) >= 11 is 0. The van der Waals surface area contributed by atoms with Gasteiger partial charge in [-0.1, -0.05) is 42.5 Å². The van der Waals surface area contributed by atoms with Gasteiger partial charge in [-0.25, -0.2) is 0 Å². The maximum Gasteiger partial charge on any atom is 0.306 e. The number of esters is 1. The third-order valence-electron chi connectivity index (χ3n) is 5.82. The van der Waals surface area contributed by atoms with Gasteiger partial charge < -0.3 is 20.1 Å². The lowest BCUT2D eigenvalue weighted by Gasteiger charge is -2.26. The SMILES string of the molecule is C=CCCC(=O)OC[C@H](Cc1ccccc1)NC(=O)[C@H](CC=C)CC(=O)N1CCC[C@H]1CO. The van der Waals surface area contributed by atoms with Crippen LogP contribution in [0.25, 0.3) is 0 Å². The lowest BCUT2D eigenvalue weighted by atomic mass is 9.98. The summed E-state index contributed by atoms with van der Waals surface area (Å²) in [5.74, 6) is -1.33. The van der Waals surface area contributed by atoms with Gasteiger partial charge in [-0.15, -0.1) is 13.2 Å². The Labute approximate surface area is 196 Å². The topological polar surface area (TPSA) is 95.9 Å². The summed E-state index contributed by atoms with van der Waals surface area (Å²) in [6, 6.07) is 9.04. The van der Waals surface area contributed by atoms with Crippen molar-refractivity contribution in [2.75, 3.05) is 19.8 Å². The number of nitrogens with one attached hydrogen (secondary N) is 1. The number of hydrogen-bond donors (Lipinski definition) is 2. The second-order valence-electron chi connectivity index (χ2n) is 8.40. The molecule has 33 heavy (non-hydrogen) atoms. The van der Waals surface area contributed by atoms with Gasteiger partial charge in [0.2, 0.25) is 11.8 Å². The molecule has 0 radical (unpaired) electrons. The number of aliphatic hydroxyl groups excluding tert-OH is 1. The molecule has 1 aromatic carbocycles. The predicted molar refractivity (Wildman–Crippen MR) is 127 cm³/mol. The fourth-order valence-electron chi connectivity index (χ4n) is 4.02. The molecule has 1 fully saturated rings. The molecule has 1 saturated heterocycles. The highest BCUT2D eigenvalue weighted by Crippen LogP contribution is 2.21. The predicted octanol–water partition coefficient (Wildman–Crippen LogP) is 2.79. The lowest BCUT2D eigenvalue weighted by molar-refractivity contribution is -0.145. The van der Waals surface area contributed by atoms with Crippen LogP contribution < -0.4 is 5.32 Å². The van der Waals surface area contributed by atoms with E-state index in [9.17, 15) is 19.5 Å². The van der Waals surface area contributed by atoms with Crippen LogP contribution in [0.3, 0.4) is 0 Å². The van der Waals surface area contributed by atoms with Crippen molar-refractivity contribution in [2.24, 2.45) is 5.92 Å². The molecular weight excluding hydrogens is 420 g/mol. The molecule has 2 N–H and O–H groups in total. The number of benzene rings is 1. The van der Waals surface area contributed by atoms with E-state index in [2.05, 4.69) is 18.5 Å². The molecule has 2 rings (SSSR count). The summed E-state index contributed by atoms with van der Waals surface area (Å²) in [5.41, 5.74) is 1.00. The highest BCUT2D eigenvalue weighted by atomic mass is 16.5. The Morgan fingerprint density at radius 2 is 1.97 bits per heavy atom. The van der Waals surface area contributed by atoms with Crippen molar-refractivity contribution in [3.05, 3.63) is 61.2 Å². The fraction of sp³-hybridized carbons (Fsp3) is 0.500. The van der Waals surface area contributed by atoms with E-state index in [-0.39, 0.29) is 49.9 Å². The van der Waals surface area contributed by atoms with Crippen LogP contribution in [0.2, 0.25) is 0 Å². The van der Waals surface area contributed by atoms with Gasteiger partial charge in [0, 0.05) is 19.4 Å². The molecule has 3 atom stereocenters. The average molecular weight is 457 g/mol. The number of rotatable bonds is 14. The normalized spacial score (nSPS) is 17.1. The molecule has 7 heteroatoms. The molecule has 0 aliphatic carbocycles. The zero-order chi connectivity index (χ0) is 24.1. The van der Waals surface area contributed by atoms with Crippen LogP contribution in [0.1, 0.15) is 44.1 Å². The van der Waals surface area contributed by atoms with E-state index in [1.54, 1.807) is 17.1 Å². The molecule has 0 unspecified atom stereocenters. The number of amides is 2. The number of hydrogen-bond acceptors (Lipinski definition) is 5. The highest BCUT2D eigenvalue weighted by Gasteiger charge is 2.31. The Hall–Kier alpha value is -2.93. The van der Waals surface area contributed by atoms with Crippen LogP contribution in [0, 0.1) is 5.92 Å². The molecule has 1 aliphatic heterocycles. The monoisotopic (exact) mass is 456 g/mol. The smallest absolute Gasteiger partial charge is 0.306 e. The van der Waals surface area contributed by atoms with Crippen LogP contribution >= 0.6 is 0 Å². The van der Waals surface area contributed by atoms with E-state index in [0.717, 1.165) is 18.4 Å². The maximum absolute atomic E-state index is 13.1. The zero-order valence-corrected chi connectivity index (χ0v) is 19.3. The first-order chi connectivity index (χ1) is 16.0. The Morgan fingerprint density at radius 3 is 2.64 bits per heavy atom. The first-order valence-electron chi connectivity index (χ1n) is 11.6. The second-order valence-corrected chi connectivity index (χ2v) is 8.40. The molecule has 0 bridgehead atoms. The average Bonchev–Trinajstić information content (AvgIpc) is 3.30. The number of ether oxygens (including phenoxy) is 1. The van der Waals surface area contributed by atoms with Crippen molar-refractivity contribution in [1.29, 1.82) is 0 Å². The van der Waals surface area contributed by atoms with Gasteiger partial charge in [0.1, 0.15) is 6.61 Å². The summed E-state index contributed by atoms with van der Waals surface area (Å²) in [7, 11) is 0. The van der Waals surface area contributed by atoms with Crippen LogP contribution in [0.5, 0.6) is 0 Å². The maximum atomic E-state index is 13.1. The second kappa shape index (κ2) is 14.3. The Balaban J connectivity index is 2.04. The van der Waals surface area contributed by atoms with Gasteiger partial charge in [0.25, 0.3) is 0 Å². The molecule has 1 aromatic rings. The zero-order valence-electron chi connectivity index (χ0n) is 19.3.